The maximum absolute atomic E-state index is 13.2. The maximum atomic E-state index is 13.2. The topological polar surface area (TPSA) is 85.0 Å². The van der Waals surface area contributed by atoms with Crippen LogP contribution in [0.4, 0.5) is 0 Å². The molecule has 2 fully saturated rings. The molecule has 152 valence electrons. The number of aromatic nitrogens is 4. The number of nitrogens with zero attached hydrogens (tertiary/aromatic N) is 4. The van der Waals surface area contributed by atoms with Crippen molar-refractivity contribution in [2.24, 2.45) is 7.05 Å². The molecule has 6 rings (SSSR count). The van der Waals surface area contributed by atoms with Crippen LogP contribution >= 0.6 is 0 Å². The summed E-state index contributed by atoms with van der Waals surface area (Å²) in [7, 11) is 1.85. The molecule has 1 saturated carbocycles. The molecule has 2 aliphatic rings. The Kier molecular flexibility index (Phi) is 3.62. The number of piperidine rings is 1. The molecular formula is C23H23N5O2. The highest BCUT2D eigenvalue weighted by atomic mass is 16.3. The molecule has 3 aromatic heterocycles. The second-order valence-electron chi connectivity index (χ2n) is 8.74. The highest BCUT2D eigenvalue weighted by molar-refractivity contribution is 5.89. The van der Waals surface area contributed by atoms with Gasteiger partial charge in [0.2, 0.25) is 0 Å². The van der Waals surface area contributed by atoms with Gasteiger partial charge in [-0.1, -0.05) is 0 Å². The van der Waals surface area contributed by atoms with E-state index in [0.717, 1.165) is 30.3 Å². The number of aryl methyl sites for hydroxylation is 1. The number of rotatable bonds is 2. The first-order valence-corrected chi connectivity index (χ1v) is 10.5. The van der Waals surface area contributed by atoms with Crippen molar-refractivity contribution in [3.8, 4) is 17.0 Å². The van der Waals surface area contributed by atoms with Gasteiger partial charge >= 0.3 is 0 Å². The van der Waals surface area contributed by atoms with Crippen LogP contribution in [0.1, 0.15) is 31.7 Å². The lowest BCUT2D eigenvalue weighted by Gasteiger charge is -2.31. The van der Waals surface area contributed by atoms with Gasteiger partial charge < -0.3 is 15.0 Å². The largest absolute Gasteiger partial charge is 0.507 e. The Balaban J connectivity index is 1.42. The molecule has 1 aromatic carbocycles. The molecule has 1 spiro atoms. The van der Waals surface area contributed by atoms with Crippen LogP contribution in [0.2, 0.25) is 0 Å². The number of aromatic hydroxyl groups is 1. The first kappa shape index (κ1) is 17.7. The number of phenols is 1. The fourth-order valence-corrected chi connectivity index (χ4v) is 4.87. The van der Waals surface area contributed by atoms with Crippen molar-refractivity contribution < 1.29 is 5.11 Å². The number of hydrogen-bond donors (Lipinski definition) is 2. The molecule has 0 amide bonds. The van der Waals surface area contributed by atoms with E-state index in [9.17, 15) is 9.90 Å². The summed E-state index contributed by atoms with van der Waals surface area (Å²) in [5.41, 5.74) is 2.94. The van der Waals surface area contributed by atoms with Gasteiger partial charge in [-0.05, 0) is 56.5 Å². The van der Waals surface area contributed by atoms with Gasteiger partial charge in [-0.2, -0.15) is 5.10 Å². The van der Waals surface area contributed by atoms with E-state index >= 15 is 0 Å². The van der Waals surface area contributed by atoms with Crippen molar-refractivity contribution in [3.63, 3.8) is 0 Å². The molecule has 1 atom stereocenters. The lowest BCUT2D eigenvalue weighted by atomic mass is 9.97. The highest BCUT2D eigenvalue weighted by Crippen LogP contribution is 2.45. The maximum Gasteiger partial charge on any atom is 0.260 e. The van der Waals surface area contributed by atoms with E-state index in [-0.39, 0.29) is 22.9 Å². The van der Waals surface area contributed by atoms with Crippen LogP contribution in [-0.2, 0) is 7.05 Å². The third kappa shape index (κ3) is 2.73. The molecule has 7 nitrogen and oxygen atoms in total. The third-order valence-electron chi connectivity index (χ3n) is 6.65. The van der Waals surface area contributed by atoms with Crippen LogP contribution in [0.5, 0.6) is 5.75 Å². The molecule has 0 radical (unpaired) electrons. The lowest BCUT2D eigenvalue weighted by Crippen LogP contribution is -2.42. The Bertz CT molecular complexity index is 1370. The van der Waals surface area contributed by atoms with Gasteiger partial charge in [-0.25, -0.2) is 4.98 Å². The van der Waals surface area contributed by atoms with Gasteiger partial charge in [0.05, 0.1) is 22.1 Å². The Labute approximate surface area is 173 Å². The number of benzene rings is 1. The summed E-state index contributed by atoms with van der Waals surface area (Å²) in [6, 6.07) is 9.34. The zero-order valence-electron chi connectivity index (χ0n) is 16.8. The van der Waals surface area contributed by atoms with Gasteiger partial charge in [0.15, 0.2) is 0 Å². The van der Waals surface area contributed by atoms with E-state index in [0.29, 0.717) is 22.2 Å². The molecule has 4 heterocycles. The van der Waals surface area contributed by atoms with Crippen molar-refractivity contribution in [1.29, 1.82) is 0 Å². The first-order chi connectivity index (χ1) is 14.5. The molecule has 7 heteroatoms. The number of fused-ring (bicyclic) bond motifs is 2. The summed E-state index contributed by atoms with van der Waals surface area (Å²) < 4.78 is 3.61. The van der Waals surface area contributed by atoms with Crippen molar-refractivity contribution in [1.82, 2.24) is 24.6 Å². The fraction of sp³-hybridized carbons (Fsp3) is 0.348. The second kappa shape index (κ2) is 6.15. The van der Waals surface area contributed by atoms with Crippen LogP contribution < -0.4 is 10.9 Å². The highest BCUT2D eigenvalue weighted by Gasteiger charge is 2.46. The molecular weight excluding hydrogens is 378 g/mol. The molecule has 1 unspecified atom stereocenters. The predicted molar refractivity (Wildman–Crippen MR) is 116 cm³/mol. The van der Waals surface area contributed by atoms with Gasteiger partial charge in [-0.3, -0.25) is 9.48 Å². The van der Waals surface area contributed by atoms with Crippen molar-refractivity contribution in [2.75, 3.05) is 6.54 Å². The van der Waals surface area contributed by atoms with E-state index in [1.165, 1.54) is 12.8 Å². The summed E-state index contributed by atoms with van der Waals surface area (Å²) in [6.45, 7) is 0.961. The Morgan fingerprint density at radius 2 is 2.07 bits per heavy atom. The Morgan fingerprint density at radius 3 is 2.90 bits per heavy atom. The van der Waals surface area contributed by atoms with Gasteiger partial charge in [0.1, 0.15) is 5.75 Å². The van der Waals surface area contributed by atoms with E-state index in [4.69, 9.17) is 4.98 Å². The summed E-state index contributed by atoms with van der Waals surface area (Å²) in [5, 5.41) is 20.0. The minimum Gasteiger partial charge on any atom is -0.507 e. The molecule has 30 heavy (non-hydrogen) atoms. The summed E-state index contributed by atoms with van der Waals surface area (Å²) in [5.74, 6) is 0.130. The van der Waals surface area contributed by atoms with Gasteiger partial charge in [0, 0.05) is 48.0 Å². The Hall–Kier alpha value is -3.19. The first-order valence-electron chi connectivity index (χ1n) is 10.5. The standard InChI is InChI=1S/C23H23N5O2/c1-27-13-14-10-17(21(29)11-20(14)26-27)18-3-2-16-19(25-18)5-9-28(22(16)30)15-4-8-24-23(12-15)6-7-23/h2-3,5,9-11,13,15,24,29H,4,6-8,12H2,1H3. The molecule has 1 saturated heterocycles. The lowest BCUT2D eigenvalue weighted by molar-refractivity contribution is 0.282. The monoisotopic (exact) mass is 401 g/mol. The van der Waals surface area contributed by atoms with Crippen LogP contribution in [0.3, 0.4) is 0 Å². The SMILES string of the molecule is Cn1cc2cc(-c3ccc4c(=O)n(C5CCNC6(CC6)C5)ccc4n3)c(O)cc2n1. The fourth-order valence-electron chi connectivity index (χ4n) is 4.87. The number of phenolic OH excluding ortho intramolecular Hbond substituents is 1. The van der Waals surface area contributed by atoms with Crippen molar-refractivity contribution in [2.45, 2.75) is 37.3 Å². The summed E-state index contributed by atoms with van der Waals surface area (Å²) in [6.07, 6.45) is 8.20. The predicted octanol–water partition coefficient (Wildman–Crippen LogP) is 3.11. The van der Waals surface area contributed by atoms with Crippen LogP contribution in [0, 0.1) is 0 Å². The number of hydrogen-bond acceptors (Lipinski definition) is 5. The summed E-state index contributed by atoms with van der Waals surface area (Å²) >= 11 is 0. The minimum atomic E-state index is 0.0150. The zero-order valence-corrected chi connectivity index (χ0v) is 16.8. The average Bonchev–Trinajstić information content (AvgIpc) is 3.37. The molecule has 2 N–H and O–H groups in total. The molecule has 1 aliphatic heterocycles. The van der Waals surface area contributed by atoms with Crippen molar-refractivity contribution >= 4 is 21.8 Å². The van der Waals surface area contributed by atoms with Crippen molar-refractivity contribution in [3.05, 3.63) is 53.1 Å². The van der Waals surface area contributed by atoms with Gasteiger partial charge in [-0.15, -0.1) is 0 Å². The zero-order chi connectivity index (χ0) is 20.5. The van der Waals surface area contributed by atoms with E-state index < -0.39 is 0 Å². The second-order valence-corrected chi connectivity index (χ2v) is 8.74. The Morgan fingerprint density at radius 1 is 1.20 bits per heavy atom. The normalized spacial score (nSPS) is 20.2. The quantitative estimate of drug-likeness (QED) is 0.539. The van der Waals surface area contributed by atoms with Gasteiger partial charge in [0.25, 0.3) is 5.56 Å². The van der Waals surface area contributed by atoms with Crippen LogP contribution in [0.15, 0.2) is 47.5 Å². The molecule has 4 aromatic rings. The van der Waals surface area contributed by atoms with E-state index in [1.807, 2.05) is 48.3 Å². The smallest absolute Gasteiger partial charge is 0.260 e. The molecule has 1 aliphatic carbocycles. The number of nitrogens with one attached hydrogen (secondary N) is 1. The summed E-state index contributed by atoms with van der Waals surface area (Å²) in [4.78, 5) is 17.9. The minimum absolute atomic E-state index is 0.0150. The third-order valence-corrected chi connectivity index (χ3v) is 6.65. The molecule has 0 bridgehead atoms. The number of pyridine rings is 2. The van der Waals surface area contributed by atoms with E-state index in [2.05, 4.69) is 10.4 Å². The van der Waals surface area contributed by atoms with Crippen LogP contribution in [-0.4, -0.2) is 36.5 Å². The van der Waals surface area contributed by atoms with E-state index in [1.54, 1.807) is 10.7 Å². The average molecular weight is 401 g/mol. The van der Waals surface area contributed by atoms with Crippen LogP contribution in [0.25, 0.3) is 33.1 Å².